The van der Waals surface area contributed by atoms with Gasteiger partial charge in [-0.15, -0.1) is 0 Å². The molecule has 0 saturated carbocycles. The van der Waals surface area contributed by atoms with E-state index in [1.807, 2.05) is 24.5 Å². The highest BCUT2D eigenvalue weighted by molar-refractivity contribution is 5.16. The summed E-state index contributed by atoms with van der Waals surface area (Å²) in [5.74, 6) is -0.193. The molecule has 0 amide bonds. The molecule has 1 atom stereocenters. The van der Waals surface area contributed by atoms with E-state index in [1.165, 1.54) is 17.7 Å². The number of hydrogen-bond acceptors (Lipinski definition) is 5. The van der Waals surface area contributed by atoms with Crippen LogP contribution in [0.3, 0.4) is 0 Å². The van der Waals surface area contributed by atoms with Gasteiger partial charge in [0, 0.05) is 51.7 Å². The molecule has 27 heavy (non-hydrogen) atoms. The molecule has 4 rings (SSSR count). The van der Waals surface area contributed by atoms with Crippen molar-refractivity contribution in [1.82, 2.24) is 14.8 Å². The molecule has 1 spiro atoms. The molecule has 0 N–H and O–H groups in total. The van der Waals surface area contributed by atoms with Crippen LogP contribution < -0.4 is 0 Å². The number of hydrogen-bond donors (Lipinski definition) is 0. The number of rotatable bonds is 4. The summed E-state index contributed by atoms with van der Waals surface area (Å²) in [6.07, 6.45) is 3.67. The first-order valence-electron chi connectivity index (χ1n) is 9.51. The van der Waals surface area contributed by atoms with Gasteiger partial charge in [0.25, 0.3) is 0 Å². The maximum atomic E-state index is 13.2. The fraction of sp³-hybridized carbons (Fsp3) is 0.476. The number of morpholine rings is 1. The van der Waals surface area contributed by atoms with E-state index < -0.39 is 0 Å². The molecular formula is C21H26FN3O2. The maximum absolute atomic E-state index is 13.2. The molecule has 6 heteroatoms. The van der Waals surface area contributed by atoms with Crippen LogP contribution in [0.4, 0.5) is 4.39 Å². The summed E-state index contributed by atoms with van der Waals surface area (Å²) in [4.78, 5) is 8.89. The maximum Gasteiger partial charge on any atom is 0.123 e. The predicted molar refractivity (Wildman–Crippen MR) is 101 cm³/mol. The Hall–Kier alpha value is -1.86. The molecule has 0 bridgehead atoms. The van der Waals surface area contributed by atoms with E-state index in [9.17, 15) is 4.39 Å². The second kappa shape index (κ2) is 8.44. The highest BCUT2D eigenvalue weighted by Crippen LogP contribution is 2.24. The van der Waals surface area contributed by atoms with Gasteiger partial charge < -0.3 is 9.47 Å². The topological polar surface area (TPSA) is 37.8 Å². The van der Waals surface area contributed by atoms with Crippen molar-refractivity contribution in [3.05, 3.63) is 65.7 Å². The van der Waals surface area contributed by atoms with Crippen molar-refractivity contribution in [3.63, 3.8) is 0 Å². The Morgan fingerprint density at radius 1 is 0.889 bits per heavy atom. The molecular weight excluding hydrogens is 345 g/mol. The molecule has 5 nitrogen and oxygen atoms in total. The standard InChI is InChI=1S/C21H26FN3O2/c22-20-3-1-18(2-4-20)13-25-10-12-27-21(16-25)15-24(9-11-26-17-21)14-19-5-7-23-8-6-19/h1-8H,9-17H2/t21-/m1/s1. The molecule has 1 aromatic carbocycles. The van der Waals surface area contributed by atoms with Gasteiger partial charge in [-0.25, -0.2) is 4.39 Å². The minimum Gasteiger partial charge on any atom is -0.377 e. The lowest BCUT2D eigenvalue weighted by molar-refractivity contribution is -0.143. The van der Waals surface area contributed by atoms with Gasteiger partial charge in [-0.3, -0.25) is 14.8 Å². The third kappa shape index (κ3) is 4.90. The first kappa shape index (κ1) is 18.5. The number of pyridine rings is 1. The van der Waals surface area contributed by atoms with Crippen molar-refractivity contribution in [2.24, 2.45) is 0 Å². The van der Waals surface area contributed by atoms with E-state index in [-0.39, 0.29) is 11.4 Å². The Labute approximate surface area is 159 Å². The summed E-state index contributed by atoms with van der Waals surface area (Å²) in [6.45, 7) is 7.12. The van der Waals surface area contributed by atoms with Crippen molar-refractivity contribution in [2.45, 2.75) is 18.7 Å². The van der Waals surface area contributed by atoms with Crippen LogP contribution in [0, 0.1) is 5.82 Å². The fourth-order valence-corrected chi connectivity index (χ4v) is 3.95. The zero-order valence-electron chi connectivity index (χ0n) is 15.5. The van der Waals surface area contributed by atoms with Crippen molar-refractivity contribution in [2.75, 3.05) is 46.0 Å². The monoisotopic (exact) mass is 371 g/mol. The van der Waals surface area contributed by atoms with E-state index in [4.69, 9.17) is 9.47 Å². The van der Waals surface area contributed by atoms with Crippen LogP contribution in [0.1, 0.15) is 11.1 Å². The number of nitrogens with zero attached hydrogens (tertiary/aromatic N) is 3. The number of ether oxygens (including phenoxy) is 2. The average molecular weight is 371 g/mol. The minimum absolute atomic E-state index is 0.193. The van der Waals surface area contributed by atoms with Gasteiger partial charge in [-0.05, 0) is 35.4 Å². The first-order valence-corrected chi connectivity index (χ1v) is 9.51. The lowest BCUT2D eigenvalue weighted by Crippen LogP contribution is -2.58. The SMILES string of the molecule is Fc1ccc(CN2CCO[C@@]3(COCCN(Cc4ccncc4)C3)C2)cc1. The van der Waals surface area contributed by atoms with E-state index in [0.717, 1.165) is 44.8 Å². The van der Waals surface area contributed by atoms with Gasteiger partial charge in [0.15, 0.2) is 0 Å². The smallest absolute Gasteiger partial charge is 0.123 e. The number of halogens is 1. The summed E-state index contributed by atoms with van der Waals surface area (Å²) < 4.78 is 25.3. The zero-order valence-corrected chi connectivity index (χ0v) is 15.5. The highest BCUT2D eigenvalue weighted by atomic mass is 19.1. The lowest BCUT2D eigenvalue weighted by Gasteiger charge is -2.43. The number of aromatic nitrogens is 1. The van der Waals surface area contributed by atoms with Crippen LogP contribution in [-0.2, 0) is 22.6 Å². The molecule has 1 aromatic heterocycles. The Morgan fingerprint density at radius 2 is 1.52 bits per heavy atom. The van der Waals surface area contributed by atoms with E-state index in [1.54, 1.807) is 0 Å². The van der Waals surface area contributed by atoms with E-state index in [2.05, 4.69) is 26.9 Å². The molecule has 2 saturated heterocycles. The predicted octanol–water partition coefficient (Wildman–Crippen LogP) is 2.32. The van der Waals surface area contributed by atoms with E-state index >= 15 is 0 Å². The van der Waals surface area contributed by atoms with Crippen LogP contribution in [-0.4, -0.2) is 66.4 Å². The normalized spacial score (nSPS) is 24.8. The van der Waals surface area contributed by atoms with Crippen LogP contribution in [0.25, 0.3) is 0 Å². The van der Waals surface area contributed by atoms with Crippen LogP contribution >= 0.6 is 0 Å². The van der Waals surface area contributed by atoms with Gasteiger partial charge in [0.1, 0.15) is 11.4 Å². The molecule has 2 aliphatic heterocycles. The second-order valence-corrected chi connectivity index (χ2v) is 7.49. The Bertz CT molecular complexity index is 728. The summed E-state index contributed by atoms with van der Waals surface area (Å²) in [5, 5.41) is 0. The minimum atomic E-state index is -0.318. The Morgan fingerprint density at radius 3 is 2.22 bits per heavy atom. The van der Waals surface area contributed by atoms with Gasteiger partial charge in [-0.1, -0.05) is 12.1 Å². The van der Waals surface area contributed by atoms with Crippen LogP contribution in [0.2, 0.25) is 0 Å². The summed E-state index contributed by atoms with van der Waals surface area (Å²) >= 11 is 0. The fourth-order valence-electron chi connectivity index (χ4n) is 3.95. The van der Waals surface area contributed by atoms with Crippen LogP contribution in [0.15, 0.2) is 48.8 Å². The molecule has 2 fully saturated rings. The summed E-state index contributed by atoms with van der Waals surface area (Å²) in [7, 11) is 0. The quantitative estimate of drug-likeness (QED) is 0.825. The van der Waals surface area contributed by atoms with Gasteiger partial charge in [0.05, 0.1) is 19.8 Å². The van der Waals surface area contributed by atoms with Gasteiger partial charge >= 0.3 is 0 Å². The molecule has 3 heterocycles. The Kier molecular flexibility index (Phi) is 5.78. The van der Waals surface area contributed by atoms with Gasteiger partial charge in [-0.2, -0.15) is 0 Å². The lowest BCUT2D eigenvalue weighted by atomic mass is 10.0. The summed E-state index contributed by atoms with van der Waals surface area (Å²) in [5.41, 5.74) is 2.06. The molecule has 144 valence electrons. The van der Waals surface area contributed by atoms with E-state index in [0.29, 0.717) is 19.8 Å². The molecule has 0 radical (unpaired) electrons. The average Bonchev–Trinajstić information content (AvgIpc) is 2.86. The number of benzene rings is 1. The summed E-state index contributed by atoms with van der Waals surface area (Å²) in [6, 6.07) is 10.9. The van der Waals surface area contributed by atoms with Crippen LogP contribution in [0.5, 0.6) is 0 Å². The van der Waals surface area contributed by atoms with Gasteiger partial charge in [0.2, 0.25) is 0 Å². The zero-order chi connectivity index (χ0) is 18.5. The molecule has 0 aliphatic carbocycles. The molecule has 2 aromatic rings. The second-order valence-electron chi connectivity index (χ2n) is 7.49. The van der Waals surface area contributed by atoms with Crippen molar-refractivity contribution in [3.8, 4) is 0 Å². The van der Waals surface area contributed by atoms with Crippen molar-refractivity contribution < 1.29 is 13.9 Å². The van der Waals surface area contributed by atoms with Crippen molar-refractivity contribution >= 4 is 0 Å². The van der Waals surface area contributed by atoms with Crippen molar-refractivity contribution in [1.29, 1.82) is 0 Å². The molecule has 0 unspecified atom stereocenters. The molecule has 2 aliphatic rings. The third-order valence-corrected chi connectivity index (χ3v) is 5.23. The highest BCUT2D eigenvalue weighted by Gasteiger charge is 2.40. The largest absolute Gasteiger partial charge is 0.377 e. The first-order chi connectivity index (χ1) is 13.2. The third-order valence-electron chi connectivity index (χ3n) is 5.23. The Balaban J connectivity index is 1.42.